The number of halogens is 5. The van der Waals surface area contributed by atoms with E-state index in [1.165, 1.54) is 0 Å². The second-order valence-corrected chi connectivity index (χ2v) is 5.68. The van der Waals surface area contributed by atoms with E-state index in [0.29, 0.717) is 0 Å². The fourth-order valence-electron chi connectivity index (χ4n) is 1.32. The SMILES string of the molecule is O.OB1OB2OB(O)OB(O1)O2.Oc1c(Cl)c(Cl)c(Cl)c(Cl)c1Cl.[H-].[Na+]. The average Bonchev–Trinajstić information content (AvgIpc) is 2.48. The van der Waals surface area contributed by atoms with Crippen LogP contribution in [0, 0.1) is 0 Å². The van der Waals surface area contributed by atoms with E-state index in [2.05, 4.69) is 22.9 Å². The summed E-state index contributed by atoms with van der Waals surface area (Å²) >= 11 is 27.9. The number of fused-ring (bicyclic) bond motifs is 2. The molecule has 2 bridgehead atoms. The van der Waals surface area contributed by atoms with Crippen LogP contribution in [-0.4, -0.2) is 49.9 Å². The Hall–Kier alpha value is 1.41. The van der Waals surface area contributed by atoms with Gasteiger partial charge in [-0.3, -0.25) is 0 Å². The van der Waals surface area contributed by atoms with Crippen molar-refractivity contribution >= 4 is 87.3 Å². The Kier molecular flexibility index (Phi) is 12.1. The van der Waals surface area contributed by atoms with E-state index in [-0.39, 0.29) is 67.3 Å². The fraction of sp³-hybridized carbons (Fsp3) is 0. The van der Waals surface area contributed by atoms with E-state index < -0.39 is 29.3 Å². The maximum Gasteiger partial charge on any atom is 1.00 e. The molecule has 2 aliphatic rings. The second-order valence-electron chi connectivity index (χ2n) is 3.79. The van der Waals surface area contributed by atoms with Crippen LogP contribution in [0.3, 0.4) is 0 Å². The predicted octanol–water partition coefficient (Wildman–Crippen LogP) is -2.03. The van der Waals surface area contributed by atoms with Crippen molar-refractivity contribution in [3.05, 3.63) is 25.1 Å². The first-order valence-corrected chi connectivity index (χ1v) is 7.43. The van der Waals surface area contributed by atoms with E-state index in [1.54, 1.807) is 0 Å². The van der Waals surface area contributed by atoms with Gasteiger partial charge in [-0.15, -0.1) is 0 Å². The Morgan fingerprint density at radius 3 is 1.24 bits per heavy atom. The first-order valence-electron chi connectivity index (χ1n) is 5.54. The van der Waals surface area contributed by atoms with Crippen LogP contribution in [0.2, 0.25) is 25.1 Å². The van der Waals surface area contributed by atoms with Crippen molar-refractivity contribution in [3.63, 3.8) is 0 Å². The molecule has 5 N–H and O–H groups in total. The van der Waals surface area contributed by atoms with Crippen molar-refractivity contribution in [1.29, 1.82) is 0 Å². The zero-order chi connectivity index (χ0) is 17.3. The quantitative estimate of drug-likeness (QED) is 0.227. The summed E-state index contributed by atoms with van der Waals surface area (Å²) in [7, 11) is -5.20. The molecular weight excluding hydrogens is 460 g/mol. The molecule has 0 aromatic heterocycles. The molecule has 0 spiro atoms. The summed E-state index contributed by atoms with van der Waals surface area (Å²) in [5.41, 5.74) is 0. The minimum Gasteiger partial charge on any atom is -1.00 e. The van der Waals surface area contributed by atoms with Crippen molar-refractivity contribution in [2.75, 3.05) is 0 Å². The van der Waals surface area contributed by atoms with Gasteiger partial charge in [0.05, 0.1) is 15.1 Å². The Bertz CT molecular complexity index is 472. The molecule has 2 heterocycles. The van der Waals surface area contributed by atoms with Gasteiger partial charge in [-0.05, 0) is 0 Å². The van der Waals surface area contributed by atoms with Gasteiger partial charge in [0.2, 0.25) is 0 Å². The minimum atomic E-state index is -1.45. The number of hydrogen-bond acceptors (Lipinski definition) is 8. The molecule has 25 heavy (non-hydrogen) atoms. The third kappa shape index (κ3) is 6.75. The molecule has 132 valence electrons. The summed E-state index contributed by atoms with van der Waals surface area (Å²) in [6.07, 6.45) is 0. The molecule has 1 aromatic carbocycles. The molecular formula is C6H6B4Cl5NaO9. The summed E-state index contributed by atoms with van der Waals surface area (Å²) in [5, 5.41) is 26.5. The molecule has 2 fully saturated rings. The number of phenols is 1. The first-order chi connectivity index (χ1) is 10.7. The minimum absolute atomic E-state index is 0. The summed E-state index contributed by atoms with van der Waals surface area (Å²) < 4.78 is 22.6. The summed E-state index contributed by atoms with van der Waals surface area (Å²) in [6.45, 7) is 0. The summed E-state index contributed by atoms with van der Waals surface area (Å²) in [5.74, 6) is -0.363. The van der Waals surface area contributed by atoms with Crippen LogP contribution in [0.5, 0.6) is 5.75 Å². The Labute approximate surface area is 191 Å². The monoisotopic (exact) mass is 464 g/mol. The van der Waals surface area contributed by atoms with Gasteiger partial charge in [0, 0.05) is 0 Å². The molecule has 0 atom stereocenters. The van der Waals surface area contributed by atoms with Crippen LogP contribution >= 0.6 is 58.0 Å². The van der Waals surface area contributed by atoms with Gasteiger partial charge in [0.25, 0.3) is 0 Å². The molecule has 0 unspecified atom stereocenters. The van der Waals surface area contributed by atoms with E-state index in [1.807, 2.05) is 0 Å². The van der Waals surface area contributed by atoms with Gasteiger partial charge >= 0.3 is 58.8 Å². The molecule has 1 aromatic rings. The Morgan fingerprint density at radius 2 is 0.920 bits per heavy atom. The molecule has 0 aliphatic carbocycles. The summed E-state index contributed by atoms with van der Waals surface area (Å²) in [4.78, 5) is 0. The Balaban J connectivity index is 0. The smallest absolute Gasteiger partial charge is 1.00 e. The predicted molar refractivity (Wildman–Crippen MR) is 90.8 cm³/mol. The van der Waals surface area contributed by atoms with Crippen molar-refractivity contribution in [2.24, 2.45) is 0 Å². The van der Waals surface area contributed by atoms with Crippen LogP contribution in [0.15, 0.2) is 0 Å². The third-order valence-corrected chi connectivity index (χ3v) is 4.58. The maximum atomic E-state index is 9.20. The fourth-order valence-corrected chi connectivity index (χ4v) is 2.45. The van der Waals surface area contributed by atoms with Gasteiger partial charge in [-0.2, -0.15) is 0 Å². The molecule has 0 amide bonds. The van der Waals surface area contributed by atoms with Gasteiger partial charge in [-0.1, -0.05) is 58.0 Å². The van der Waals surface area contributed by atoms with Crippen LogP contribution < -0.4 is 29.6 Å². The molecule has 0 saturated carbocycles. The molecule has 3 rings (SSSR count). The topological polar surface area (TPSA) is 138 Å². The van der Waals surface area contributed by atoms with Crippen LogP contribution in [-0.2, 0) is 22.9 Å². The normalized spacial score (nSPS) is 15.8. The number of phenolic OH excluding ortho intramolecular Hbond substituents is 1. The van der Waals surface area contributed by atoms with E-state index >= 15 is 0 Å². The average molecular weight is 466 g/mol. The van der Waals surface area contributed by atoms with E-state index in [9.17, 15) is 5.11 Å². The molecule has 19 heteroatoms. The van der Waals surface area contributed by atoms with E-state index in [4.69, 9.17) is 68.1 Å². The largest absolute Gasteiger partial charge is 1.00 e. The van der Waals surface area contributed by atoms with Crippen LogP contribution in [0.25, 0.3) is 0 Å². The zero-order valence-electron chi connectivity index (χ0n) is 13.1. The van der Waals surface area contributed by atoms with Crippen molar-refractivity contribution in [3.8, 4) is 5.75 Å². The summed E-state index contributed by atoms with van der Waals surface area (Å²) in [6, 6.07) is 0. The van der Waals surface area contributed by atoms with Gasteiger partial charge in [0.15, 0.2) is 5.75 Å². The van der Waals surface area contributed by atoms with Gasteiger partial charge < -0.3 is 44.9 Å². The first kappa shape index (κ1) is 26.4. The van der Waals surface area contributed by atoms with Crippen LogP contribution in [0.1, 0.15) is 1.43 Å². The molecule has 0 radical (unpaired) electrons. The molecule has 2 aliphatic heterocycles. The molecule has 2 saturated heterocycles. The van der Waals surface area contributed by atoms with E-state index in [0.717, 1.165) is 0 Å². The van der Waals surface area contributed by atoms with Gasteiger partial charge in [0.1, 0.15) is 10.0 Å². The van der Waals surface area contributed by atoms with Gasteiger partial charge in [-0.25, -0.2) is 0 Å². The van der Waals surface area contributed by atoms with Crippen LogP contribution in [0.4, 0.5) is 0 Å². The Morgan fingerprint density at radius 1 is 0.640 bits per heavy atom. The maximum absolute atomic E-state index is 9.20. The number of rotatable bonds is 0. The van der Waals surface area contributed by atoms with Crippen molar-refractivity contribution < 1.29 is 74.5 Å². The second kappa shape index (κ2) is 11.4. The van der Waals surface area contributed by atoms with Crippen molar-refractivity contribution in [2.45, 2.75) is 0 Å². The standard InChI is InChI=1S/C6HCl5O.B4H2O7.Na.H2O.H/c7-1-2(8)4(10)6(12)5(11)3(1)9;5-1-7-3-9-2(6)10-4(8-1)11-3;;;/h12H;5-6H;;1H2;/q;;+1;;-1. The zero-order valence-corrected chi connectivity index (χ0v) is 17.9. The number of aromatic hydroxyl groups is 1. The van der Waals surface area contributed by atoms with Crippen molar-refractivity contribution in [1.82, 2.24) is 0 Å². The number of benzene rings is 1. The third-order valence-electron chi connectivity index (χ3n) is 2.32. The molecule has 9 nitrogen and oxygen atoms in total. The number of hydrogen-bond donors (Lipinski definition) is 3.